The van der Waals surface area contributed by atoms with Gasteiger partial charge in [0.15, 0.2) is 0 Å². The maximum Gasteiger partial charge on any atom is 0.0961 e. The second kappa shape index (κ2) is 5.49. The van der Waals surface area contributed by atoms with Crippen molar-refractivity contribution in [1.82, 2.24) is 9.55 Å². The Morgan fingerprint density at radius 3 is 2.23 bits per heavy atom. The van der Waals surface area contributed by atoms with E-state index < -0.39 is 0 Å². The highest BCUT2D eigenvalue weighted by atomic mass is 15.0. The molecule has 2 nitrogen and oxygen atoms in total. The third-order valence-electron chi connectivity index (χ3n) is 3.92. The van der Waals surface area contributed by atoms with Gasteiger partial charge in [-0.2, -0.15) is 0 Å². The molecule has 3 aromatic carbocycles. The van der Waals surface area contributed by atoms with Crippen LogP contribution in [0.15, 0.2) is 85.2 Å². The SMILES string of the molecule is c1ccc(Cn2cnc3cc(-c4ccccc4)ccc32)cc1. The van der Waals surface area contributed by atoms with Gasteiger partial charge in [-0.25, -0.2) is 4.98 Å². The lowest BCUT2D eigenvalue weighted by molar-refractivity contribution is 0.824. The summed E-state index contributed by atoms with van der Waals surface area (Å²) in [6.07, 6.45) is 1.92. The summed E-state index contributed by atoms with van der Waals surface area (Å²) >= 11 is 0. The number of fused-ring (bicyclic) bond motifs is 1. The van der Waals surface area contributed by atoms with E-state index in [2.05, 4.69) is 76.3 Å². The van der Waals surface area contributed by atoms with Crippen molar-refractivity contribution < 1.29 is 0 Å². The van der Waals surface area contributed by atoms with Crippen LogP contribution in [-0.4, -0.2) is 9.55 Å². The zero-order valence-electron chi connectivity index (χ0n) is 12.2. The van der Waals surface area contributed by atoms with Gasteiger partial charge in [-0.1, -0.05) is 66.7 Å². The van der Waals surface area contributed by atoms with E-state index in [9.17, 15) is 0 Å². The van der Waals surface area contributed by atoms with Crippen molar-refractivity contribution in [2.24, 2.45) is 0 Å². The molecule has 1 aromatic heterocycles. The number of hydrogen-bond donors (Lipinski definition) is 0. The van der Waals surface area contributed by atoms with E-state index in [1.54, 1.807) is 0 Å². The molecule has 0 fully saturated rings. The molecule has 4 rings (SSSR count). The van der Waals surface area contributed by atoms with E-state index in [4.69, 9.17) is 0 Å². The summed E-state index contributed by atoms with van der Waals surface area (Å²) < 4.78 is 2.19. The Bertz CT molecular complexity index is 893. The normalized spacial score (nSPS) is 10.9. The van der Waals surface area contributed by atoms with Gasteiger partial charge in [0.25, 0.3) is 0 Å². The van der Waals surface area contributed by atoms with E-state index in [1.165, 1.54) is 22.2 Å². The van der Waals surface area contributed by atoms with Crippen LogP contribution in [0.5, 0.6) is 0 Å². The summed E-state index contributed by atoms with van der Waals surface area (Å²) in [7, 11) is 0. The summed E-state index contributed by atoms with van der Waals surface area (Å²) in [6.45, 7) is 0.849. The summed E-state index contributed by atoms with van der Waals surface area (Å²) in [5.41, 5.74) is 5.93. The van der Waals surface area contributed by atoms with Crippen LogP contribution < -0.4 is 0 Å². The standard InChI is InChI=1S/C20H16N2/c1-3-7-16(8-4-1)14-22-15-21-19-13-18(11-12-20(19)22)17-9-5-2-6-10-17/h1-13,15H,14H2. The number of nitrogens with zero attached hydrogens (tertiary/aromatic N) is 2. The van der Waals surface area contributed by atoms with Crippen LogP contribution in [0, 0.1) is 0 Å². The molecule has 0 unspecified atom stereocenters. The number of benzene rings is 3. The van der Waals surface area contributed by atoms with Gasteiger partial charge in [-0.05, 0) is 28.8 Å². The molecule has 0 atom stereocenters. The van der Waals surface area contributed by atoms with Gasteiger partial charge in [-0.15, -0.1) is 0 Å². The minimum absolute atomic E-state index is 0.849. The molecule has 22 heavy (non-hydrogen) atoms. The molecule has 0 bridgehead atoms. The van der Waals surface area contributed by atoms with E-state index in [0.29, 0.717) is 0 Å². The van der Waals surface area contributed by atoms with E-state index >= 15 is 0 Å². The average molecular weight is 284 g/mol. The lowest BCUT2D eigenvalue weighted by atomic mass is 10.1. The molecule has 0 aliphatic heterocycles. The Kier molecular flexibility index (Phi) is 3.20. The van der Waals surface area contributed by atoms with Crippen molar-refractivity contribution in [3.63, 3.8) is 0 Å². The van der Waals surface area contributed by atoms with Crippen molar-refractivity contribution in [1.29, 1.82) is 0 Å². The minimum atomic E-state index is 0.849. The molecular formula is C20H16N2. The molecule has 2 heteroatoms. The van der Waals surface area contributed by atoms with Gasteiger partial charge in [0.05, 0.1) is 17.4 Å². The maximum absolute atomic E-state index is 4.56. The Morgan fingerprint density at radius 2 is 1.45 bits per heavy atom. The van der Waals surface area contributed by atoms with Crippen molar-refractivity contribution >= 4 is 11.0 Å². The fourth-order valence-electron chi connectivity index (χ4n) is 2.78. The predicted octanol–water partition coefficient (Wildman–Crippen LogP) is 4.75. The highest BCUT2D eigenvalue weighted by Gasteiger charge is 2.05. The fourth-order valence-corrected chi connectivity index (χ4v) is 2.78. The van der Waals surface area contributed by atoms with Crippen LogP contribution in [-0.2, 0) is 6.54 Å². The zero-order valence-corrected chi connectivity index (χ0v) is 12.2. The molecule has 0 aliphatic rings. The van der Waals surface area contributed by atoms with E-state index in [1.807, 2.05) is 18.5 Å². The van der Waals surface area contributed by atoms with Gasteiger partial charge in [0, 0.05) is 6.54 Å². The Labute approximate surface area is 129 Å². The maximum atomic E-state index is 4.56. The first-order valence-corrected chi connectivity index (χ1v) is 7.44. The van der Waals surface area contributed by atoms with Crippen LogP contribution in [0.2, 0.25) is 0 Å². The summed E-state index contributed by atoms with van der Waals surface area (Å²) in [5, 5.41) is 0. The van der Waals surface area contributed by atoms with E-state index in [-0.39, 0.29) is 0 Å². The molecule has 106 valence electrons. The van der Waals surface area contributed by atoms with Crippen LogP contribution in [0.1, 0.15) is 5.56 Å². The minimum Gasteiger partial charge on any atom is -0.326 e. The smallest absolute Gasteiger partial charge is 0.0961 e. The molecule has 0 aliphatic carbocycles. The Balaban J connectivity index is 1.72. The molecule has 0 N–H and O–H groups in total. The second-order valence-electron chi connectivity index (χ2n) is 5.43. The number of imidazole rings is 1. The molecule has 1 heterocycles. The summed E-state index contributed by atoms with van der Waals surface area (Å²) in [6, 6.07) is 27.4. The van der Waals surface area contributed by atoms with E-state index in [0.717, 1.165) is 12.1 Å². The van der Waals surface area contributed by atoms with Crippen LogP contribution in [0.25, 0.3) is 22.2 Å². The highest BCUT2D eigenvalue weighted by molar-refractivity contribution is 5.82. The fraction of sp³-hybridized carbons (Fsp3) is 0.0500. The Hall–Kier alpha value is -2.87. The topological polar surface area (TPSA) is 17.8 Å². The summed E-state index contributed by atoms with van der Waals surface area (Å²) in [4.78, 5) is 4.56. The number of aromatic nitrogens is 2. The van der Waals surface area contributed by atoms with Gasteiger partial charge < -0.3 is 4.57 Å². The van der Waals surface area contributed by atoms with Gasteiger partial charge in [0.2, 0.25) is 0 Å². The summed E-state index contributed by atoms with van der Waals surface area (Å²) in [5.74, 6) is 0. The Morgan fingerprint density at radius 1 is 0.727 bits per heavy atom. The van der Waals surface area contributed by atoms with Crippen LogP contribution in [0.4, 0.5) is 0 Å². The lowest BCUT2D eigenvalue weighted by Crippen LogP contribution is -1.97. The molecule has 4 aromatic rings. The molecule has 0 radical (unpaired) electrons. The lowest BCUT2D eigenvalue weighted by Gasteiger charge is -2.05. The first-order valence-electron chi connectivity index (χ1n) is 7.44. The van der Waals surface area contributed by atoms with Crippen LogP contribution in [0.3, 0.4) is 0 Å². The van der Waals surface area contributed by atoms with Gasteiger partial charge in [-0.3, -0.25) is 0 Å². The molecule has 0 saturated carbocycles. The molecule has 0 saturated heterocycles. The molecular weight excluding hydrogens is 268 g/mol. The number of rotatable bonds is 3. The predicted molar refractivity (Wildman–Crippen MR) is 90.7 cm³/mol. The number of hydrogen-bond acceptors (Lipinski definition) is 1. The second-order valence-corrected chi connectivity index (χ2v) is 5.43. The highest BCUT2D eigenvalue weighted by Crippen LogP contribution is 2.24. The largest absolute Gasteiger partial charge is 0.326 e. The first-order chi connectivity index (χ1) is 10.9. The van der Waals surface area contributed by atoms with Gasteiger partial charge >= 0.3 is 0 Å². The average Bonchev–Trinajstić information content (AvgIpc) is 2.99. The van der Waals surface area contributed by atoms with Crippen LogP contribution >= 0.6 is 0 Å². The molecule has 0 spiro atoms. The zero-order chi connectivity index (χ0) is 14.8. The first kappa shape index (κ1) is 12.8. The molecule has 0 amide bonds. The van der Waals surface area contributed by atoms with Crippen molar-refractivity contribution in [3.05, 3.63) is 90.8 Å². The third kappa shape index (κ3) is 2.40. The van der Waals surface area contributed by atoms with Crippen molar-refractivity contribution in [2.45, 2.75) is 6.54 Å². The monoisotopic (exact) mass is 284 g/mol. The quantitative estimate of drug-likeness (QED) is 0.531. The van der Waals surface area contributed by atoms with Crippen molar-refractivity contribution in [2.75, 3.05) is 0 Å². The third-order valence-corrected chi connectivity index (χ3v) is 3.92. The van der Waals surface area contributed by atoms with Gasteiger partial charge in [0.1, 0.15) is 0 Å². The van der Waals surface area contributed by atoms with Crippen molar-refractivity contribution in [3.8, 4) is 11.1 Å².